The molecule has 0 saturated heterocycles. The Hall–Kier alpha value is -2.45. The molecular weight excluding hydrogens is 456 g/mol. The van der Waals surface area contributed by atoms with Crippen molar-refractivity contribution in [2.75, 3.05) is 37.0 Å². The molecule has 1 amide bonds. The maximum Gasteiger partial charge on any atom is 0.504 e. The van der Waals surface area contributed by atoms with Gasteiger partial charge in [-0.3, -0.25) is 4.79 Å². The molecule has 2 N–H and O–H groups in total. The Bertz CT molecular complexity index is 882. The minimum absolute atomic E-state index is 0.180. The van der Waals surface area contributed by atoms with E-state index in [0.29, 0.717) is 19.8 Å². The van der Waals surface area contributed by atoms with E-state index in [4.69, 9.17) is 13.3 Å². The van der Waals surface area contributed by atoms with Crippen molar-refractivity contribution in [3.05, 3.63) is 61.2 Å². The number of carbonyl (C=O) groups excluding carboxylic acids is 1. The largest absolute Gasteiger partial charge is 0.504 e. The van der Waals surface area contributed by atoms with Crippen molar-refractivity contribution >= 4 is 26.1 Å². The van der Waals surface area contributed by atoms with E-state index in [1.807, 2.05) is 36.4 Å². The van der Waals surface area contributed by atoms with E-state index in [1.165, 1.54) is 6.08 Å². The highest BCUT2D eigenvalue weighted by Crippen LogP contribution is 2.32. The van der Waals surface area contributed by atoms with Gasteiger partial charge in [0, 0.05) is 48.8 Å². The molecule has 0 heterocycles. The second kappa shape index (κ2) is 15.5. The van der Waals surface area contributed by atoms with Crippen LogP contribution in [0.5, 0.6) is 0 Å². The number of anilines is 2. The molecule has 192 valence electrons. The third-order valence-corrected chi connectivity index (χ3v) is 8.91. The summed E-state index contributed by atoms with van der Waals surface area (Å²) in [6.45, 7) is 14.8. The lowest BCUT2D eigenvalue weighted by molar-refractivity contribution is -0.111. The van der Waals surface area contributed by atoms with E-state index in [0.717, 1.165) is 54.7 Å². The highest BCUT2D eigenvalue weighted by molar-refractivity contribution is 6.62. The molecule has 0 radical (unpaired) electrons. The molecule has 2 aromatic carbocycles. The zero-order valence-corrected chi connectivity index (χ0v) is 22.8. The third-order valence-electron chi connectivity index (χ3n) is 5.59. The topological polar surface area (TPSA) is 68.8 Å². The summed E-state index contributed by atoms with van der Waals surface area (Å²) >= 11 is 0. The van der Waals surface area contributed by atoms with Crippen molar-refractivity contribution in [3.8, 4) is 11.1 Å². The van der Waals surface area contributed by atoms with Crippen LogP contribution in [-0.4, -0.2) is 41.1 Å². The zero-order valence-electron chi connectivity index (χ0n) is 21.8. The molecule has 0 fully saturated rings. The number of hydrogen-bond donors (Lipinski definition) is 2. The SMILES string of the molecule is C=CC(=O)Nc1ccc(-c2ccccc2NCCC(C)[Si](OCCC)(OCCC)OCCC)cc1. The molecule has 0 aromatic heterocycles. The Morgan fingerprint density at radius 1 is 0.943 bits per heavy atom. The molecule has 0 saturated carbocycles. The minimum Gasteiger partial charge on any atom is -0.385 e. The fourth-order valence-corrected chi connectivity index (χ4v) is 6.77. The van der Waals surface area contributed by atoms with E-state index in [2.05, 4.69) is 57.0 Å². The van der Waals surface area contributed by atoms with Crippen LogP contribution < -0.4 is 10.6 Å². The van der Waals surface area contributed by atoms with Gasteiger partial charge in [-0.1, -0.05) is 64.6 Å². The van der Waals surface area contributed by atoms with Crippen molar-refractivity contribution in [3.63, 3.8) is 0 Å². The first-order valence-electron chi connectivity index (χ1n) is 12.8. The summed E-state index contributed by atoms with van der Waals surface area (Å²) < 4.78 is 19.0. The van der Waals surface area contributed by atoms with E-state index >= 15 is 0 Å². The fraction of sp³-hybridized carbons (Fsp3) is 0.464. The van der Waals surface area contributed by atoms with Crippen molar-refractivity contribution in [2.45, 2.75) is 58.9 Å². The van der Waals surface area contributed by atoms with Gasteiger partial charge >= 0.3 is 8.80 Å². The van der Waals surface area contributed by atoms with Gasteiger partial charge in [0.25, 0.3) is 0 Å². The first kappa shape index (κ1) is 28.8. The maximum atomic E-state index is 11.5. The average molecular weight is 499 g/mol. The van der Waals surface area contributed by atoms with Gasteiger partial charge in [0.05, 0.1) is 0 Å². The van der Waals surface area contributed by atoms with Gasteiger partial charge in [0.15, 0.2) is 0 Å². The highest BCUT2D eigenvalue weighted by atomic mass is 28.4. The summed E-state index contributed by atoms with van der Waals surface area (Å²) in [5, 5.41) is 6.40. The van der Waals surface area contributed by atoms with Crippen molar-refractivity contribution in [1.29, 1.82) is 0 Å². The Kier molecular flexibility index (Phi) is 12.8. The molecule has 2 rings (SSSR count). The lowest BCUT2D eigenvalue weighted by atomic mass is 10.0. The summed E-state index contributed by atoms with van der Waals surface area (Å²) in [5.41, 5.74) is 4.17. The Morgan fingerprint density at radius 3 is 2.06 bits per heavy atom. The molecule has 0 aliphatic carbocycles. The number of rotatable bonds is 17. The van der Waals surface area contributed by atoms with Crippen molar-refractivity contribution in [1.82, 2.24) is 0 Å². The van der Waals surface area contributed by atoms with Crippen LogP contribution in [0.2, 0.25) is 5.54 Å². The van der Waals surface area contributed by atoms with E-state index in [1.54, 1.807) is 0 Å². The summed E-state index contributed by atoms with van der Waals surface area (Å²) in [6, 6.07) is 16.1. The fourth-order valence-electron chi connectivity index (χ4n) is 3.70. The first-order valence-corrected chi connectivity index (χ1v) is 14.6. The zero-order chi connectivity index (χ0) is 25.5. The molecule has 2 aromatic rings. The van der Waals surface area contributed by atoms with Crippen LogP contribution in [0.15, 0.2) is 61.2 Å². The summed E-state index contributed by atoms with van der Waals surface area (Å²) in [6.07, 6.45) is 4.96. The van der Waals surface area contributed by atoms with Crippen LogP contribution >= 0.6 is 0 Å². The summed E-state index contributed by atoms with van der Waals surface area (Å²) in [4.78, 5) is 11.5. The van der Waals surface area contributed by atoms with Crippen LogP contribution in [0.3, 0.4) is 0 Å². The van der Waals surface area contributed by atoms with Crippen LogP contribution in [0, 0.1) is 0 Å². The predicted molar refractivity (Wildman–Crippen MR) is 148 cm³/mol. The molecule has 35 heavy (non-hydrogen) atoms. The van der Waals surface area contributed by atoms with Crippen LogP contribution in [0.4, 0.5) is 11.4 Å². The lowest BCUT2D eigenvalue weighted by Gasteiger charge is -2.34. The Morgan fingerprint density at radius 2 is 1.51 bits per heavy atom. The van der Waals surface area contributed by atoms with E-state index in [-0.39, 0.29) is 11.4 Å². The number of hydrogen-bond acceptors (Lipinski definition) is 5. The minimum atomic E-state index is -2.78. The smallest absolute Gasteiger partial charge is 0.385 e. The van der Waals surface area contributed by atoms with Gasteiger partial charge in [-0.05, 0) is 55.5 Å². The molecule has 7 heteroatoms. The predicted octanol–water partition coefficient (Wildman–Crippen LogP) is 6.89. The molecular formula is C28H42N2O4Si. The average Bonchev–Trinajstić information content (AvgIpc) is 2.89. The number of nitrogens with one attached hydrogen (secondary N) is 2. The van der Waals surface area contributed by atoms with E-state index in [9.17, 15) is 4.79 Å². The van der Waals surface area contributed by atoms with Gasteiger partial charge in [-0.2, -0.15) is 0 Å². The quantitative estimate of drug-likeness (QED) is 0.184. The Labute approximate surface area is 212 Å². The first-order chi connectivity index (χ1) is 17.0. The third kappa shape index (κ3) is 8.93. The molecule has 0 spiro atoms. The van der Waals surface area contributed by atoms with Crippen molar-refractivity contribution in [2.24, 2.45) is 0 Å². The number of para-hydroxylation sites is 1. The van der Waals surface area contributed by atoms with Crippen molar-refractivity contribution < 1.29 is 18.1 Å². The Balaban J connectivity index is 2.10. The normalized spacial score (nSPS) is 12.2. The molecule has 0 aliphatic heterocycles. The maximum absolute atomic E-state index is 11.5. The van der Waals surface area contributed by atoms with Gasteiger partial charge in [-0.25, -0.2) is 0 Å². The van der Waals surface area contributed by atoms with Gasteiger partial charge in [0.2, 0.25) is 5.91 Å². The van der Waals surface area contributed by atoms with Crippen LogP contribution in [0.1, 0.15) is 53.4 Å². The molecule has 1 unspecified atom stereocenters. The van der Waals surface area contributed by atoms with Crippen LogP contribution in [-0.2, 0) is 18.1 Å². The molecule has 0 bridgehead atoms. The highest BCUT2D eigenvalue weighted by Gasteiger charge is 2.46. The number of benzene rings is 2. The van der Waals surface area contributed by atoms with Crippen LogP contribution in [0.25, 0.3) is 11.1 Å². The standard InChI is InChI=1S/C28H42N2O4Si/c1-6-20-32-35(33-21-7-2,34-22-8-3)23(5)18-19-29-27-13-11-10-12-26(27)24-14-16-25(17-15-24)30-28(31)9-4/h9-17,23,29H,4,6-8,18-22H2,1-3,5H3,(H,30,31). The number of carbonyl (C=O) groups is 1. The molecule has 1 atom stereocenters. The monoisotopic (exact) mass is 498 g/mol. The van der Waals surface area contributed by atoms with Gasteiger partial charge < -0.3 is 23.9 Å². The second-order valence-electron chi connectivity index (χ2n) is 8.58. The van der Waals surface area contributed by atoms with Gasteiger partial charge in [0.1, 0.15) is 0 Å². The molecule has 6 nitrogen and oxygen atoms in total. The van der Waals surface area contributed by atoms with E-state index < -0.39 is 8.80 Å². The summed E-state index contributed by atoms with van der Waals surface area (Å²) in [7, 11) is -2.78. The number of amides is 1. The lowest BCUT2D eigenvalue weighted by Crippen LogP contribution is -2.50. The molecule has 0 aliphatic rings. The second-order valence-corrected chi connectivity index (χ2v) is 11.6. The summed E-state index contributed by atoms with van der Waals surface area (Å²) in [5.74, 6) is -0.220. The van der Waals surface area contributed by atoms with Gasteiger partial charge in [-0.15, -0.1) is 0 Å².